The number of rotatable bonds is 57. The Hall–Kier alpha value is -9.78. The van der Waals surface area contributed by atoms with Crippen LogP contribution in [0, 0.1) is 0 Å². The second-order valence-electron chi connectivity index (χ2n) is 32.9. The molecule has 0 unspecified atom stereocenters. The third-order valence-electron chi connectivity index (χ3n) is 22.4. The van der Waals surface area contributed by atoms with Crippen molar-refractivity contribution >= 4 is 8.32 Å². The van der Waals surface area contributed by atoms with Gasteiger partial charge in [-0.2, -0.15) is 0 Å². The molecule has 12 atom stereocenters. The van der Waals surface area contributed by atoms with Crippen molar-refractivity contribution in [1.82, 2.24) is 0 Å². The van der Waals surface area contributed by atoms with Crippen molar-refractivity contribution in [3.63, 3.8) is 0 Å². The lowest BCUT2D eigenvalue weighted by atomic mass is 10.0. The topological polar surface area (TPSA) is 159 Å². The Morgan fingerprint density at radius 1 is 0.200 bits per heavy atom. The first-order chi connectivity index (χ1) is 61.4. The lowest BCUT2D eigenvalue weighted by Crippen LogP contribution is -2.54. The van der Waals surface area contributed by atoms with Crippen LogP contribution in [-0.4, -0.2) is 126 Å². The summed E-state index contributed by atoms with van der Waals surface area (Å²) in [5.74, 6) is 0. The van der Waals surface area contributed by atoms with Crippen LogP contribution in [0.4, 0.5) is 0 Å². The van der Waals surface area contributed by atoms with Gasteiger partial charge in [-0.15, -0.1) is 0 Å². The highest BCUT2D eigenvalue weighted by molar-refractivity contribution is 6.74. The summed E-state index contributed by atoms with van der Waals surface area (Å²) in [5.41, 5.74) is 11.2. The van der Waals surface area contributed by atoms with Crippen LogP contribution < -0.4 is 0 Å². The summed E-state index contributed by atoms with van der Waals surface area (Å²) in [7, 11) is -2.47. The van der Waals surface area contributed by atoms with Gasteiger partial charge in [-0.25, -0.2) is 0 Å². The van der Waals surface area contributed by atoms with Crippen molar-refractivity contribution < 1.29 is 75.8 Å². The zero-order chi connectivity index (χ0) is 86.6. The van der Waals surface area contributed by atoms with E-state index in [0.717, 1.165) is 66.8 Å². The van der Waals surface area contributed by atoms with Crippen molar-refractivity contribution in [2.24, 2.45) is 0 Å². The molecule has 0 radical (unpaired) electrons. The summed E-state index contributed by atoms with van der Waals surface area (Å²) in [4.78, 5) is 0. The van der Waals surface area contributed by atoms with Crippen LogP contribution >= 0.6 is 0 Å². The molecule has 12 aromatic carbocycles. The monoisotopic (exact) mass is 1700 g/mol. The quantitative estimate of drug-likeness (QED) is 0.0359. The Labute approximate surface area is 741 Å². The lowest BCUT2D eigenvalue weighted by Gasteiger charge is -2.41. The number of hydrogen-bond donors (Lipinski definition) is 1. The van der Waals surface area contributed by atoms with Crippen molar-refractivity contribution in [3.8, 4) is 0 Å². The normalized spacial score (nSPS) is 14.8. The molecule has 0 bridgehead atoms. The fourth-order valence-electron chi connectivity index (χ4n) is 14.3. The van der Waals surface area contributed by atoms with Crippen molar-refractivity contribution in [1.29, 1.82) is 0 Å². The van der Waals surface area contributed by atoms with E-state index >= 15 is 0 Å². The third kappa shape index (κ3) is 32.2. The van der Waals surface area contributed by atoms with Crippen LogP contribution in [0.15, 0.2) is 364 Å². The minimum absolute atomic E-state index is 0.0441. The van der Waals surface area contributed by atoms with Gasteiger partial charge in [-0.3, -0.25) is 0 Å². The van der Waals surface area contributed by atoms with Crippen LogP contribution in [0.1, 0.15) is 87.5 Å². The Bertz CT molecular complexity index is 4770. The average molecular weight is 1710 g/mol. The first-order valence-electron chi connectivity index (χ1n) is 43.6. The predicted octanol–water partition coefficient (Wildman–Crippen LogP) is 21.1. The zero-order valence-electron chi connectivity index (χ0n) is 72.9. The van der Waals surface area contributed by atoms with Gasteiger partial charge in [0, 0.05) is 0 Å². The second kappa shape index (κ2) is 52.4. The molecular formula is C108H124O16Si. The molecule has 125 heavy (non-hydrogen) atoms. The fraction of sp³-hybridized carbons (Fsp3) is 0.333. The van der Waals surface area contributed by atoms with E-state index < -0.39 is 88.2 Å². The van der Waals surface area contributed by atoms with E-state index in [4.69, 9.17) is 70.7 Å². The first kappa shape index (κ1) is 94.3. The van der Waals surface area contributed by atoms with Gasteiger partial charge in [0.1, 0.15) is 73.2 Å². The molecule has 16 nitrogen and oxygen atoms in total. The molecule has 0 saturated heterocycles. The number of benzene rings is 12. The van der Waals surface area contributed by atoms with Gasteiger partial charge >= 0.3 is 0 Å². The van der Waals surface area contributed by atoms with Crippen LogP contribution in [-0.2, 0) is 150 Å². The van der Waals surface area contributed by atoms with Crippen LogP contribution in [0.25, 0.3) is 0 Å². The molecule has 0 spiro atoms. The second-order valence-corrected chi connectivity index (χ2v) is 37.7. The van der Waals surface area contributed by atoms with Crippen molar-refractivity contribution in [2.45, 2.75) is 191 Å². The van der Waals surface area contributed by atoms with Gasteiger partial charge in [0.15, 0.2) is 8.32 Å². The number of ether oxygens (including phenoxy) is 14. The molecule has 0 fully saturated rings. The molecule has 12 aromatic rings. The van der Waals surface area contributed by atoms with Gasteiger partial charge in [0.05, 0.1) is 119 Å². The van der Waals surface area contributed by atoms with E-state index in [1.165, 1.54) is 0 Å². The summed E-state index contributed by atoms with van der Waals surface area (Å²) >= 11 is 0. The van der Waals surface area contributed by atoms with Crippen molar-refractivity contribution in [3.05, 3.63) is 431 Å². The first-order valence-corrected chi connectivity index (χ1v) is 46.5. The van der Waals surface area contributed by atoms with E-state index in [0.29, 0.717) is 0 Å². The van der Waals surface area contributed by atoms with Crippen LogP contribution in [0.2, 0.25) is 18.1 Å². The molecule has 0 saturated carbocycles. The molecule has 656 valence electrons. The highest BCUT2D eigenvalue weighted by Gasteiger charge is 2.45. The van der Waals surface area contributed by atoms with Crippen LogP contribution in [0.5, 0.6) is 0 Å². The smallest absolute Gasteiger partial charge is 0.192 e. The standard InChI is InChI=1S/C108H124O16Si/c1-108(2,3)125(4,5)124-83-101(117-72-89-52-28-11-29-53-89)107(123-78-95-64-40-17-41-65-95)106(122-77-94-62-38-16-39-63-94)100(116-71-88-50-26-10-27-51-88)82-111-81-99(115-70-87-48-24-9-25-49-87)105(121-76-93-60-36-15-37-61-93)104(120-75-92-58-34-14-35-59-92)98(114-69-86-46-22-8-23-47-86)80-110-79-97(113-68-85-44-20-7-21-45-85)103(119-74-91-56-32-13-33-57-91)102(118-73-90-54-30-12-31-55-90)96(66-109)112-67-84-42-18-6-19-43-84/h6-65,96-107,109H,66-83H2,1-5H3/t96-,97-,98-,99-,100-,101-,102-,103-,104-,105-,106-,107-/m1/s1. The lowest BCUT2D eigenvalue weighted by molar-refractivity contribution is -0.223. The predicted molar refractivity (Wildman–Crippen MR) is 492 cm³/mol. The maximum Gasteiger partial charge on any atom is 0.192 e. The Morgan fingerprint density at radius 2 is 0.336 bits per heavy atom. The molecule has 1 N–H and O–H groups in total. The molecule has 0 aromatic heterocycles. The highest BCUT2D eigenvalue weighted by Crippen LogP contribution is 2.38. The van der Waals surface area contributed by atoms with E-state index in [2.05, 4.69) is 82.4 Å². The molecule has 0 aliphatic carbocycles. The number of aliphatic hydroxyl groups excluding tert-OH is 1. The third-order valence-corrected chi connectivity index (χ3v) is 26.9. The largest absolute Gasteiger partial charge is 0.414 e. The minimum Gasteiger partial charge on any atom is -0.414 e. The molecular weight excluding hydrogens is 1580 g/mol. The highest BCUT2D eigenvalue weighted by atomic mass is 28.4. The maximum absolute atomic E-state index is 11.7. The van der Waals surface area contributed by atoms with E-state index in [1.54, 1.807) is 0 Å². The van der Waals surface area contributed by atoms with Gasteiger partial charge in [-0.1, -0.05) is 385 Å². The average Bonchev–Trinajstić information content (AvgIpc) is 0.825. The van der Waals surface area contributed by atoms with E-state index in [9.17, 15) is 5.11 Å². The fourth-order valence-corrected chi connectivity index (χ4v) is 15.3. The minimum atomic E-state index is -2.47. The van der Waals surface area contributed by atoms with Crippen LogP contribution in [0.3, 0.4) is 0 Å². The van der Waals surface area contributed by atoms with Gasteiger partial charge < -0.3 is 75.8 Å². The molecule has 0 aliphatic rings. The SMILES string of the molecule is CC(C)(C)[Si](C)(C)OC[C@@H](OCc1ccccc1)[C@@H](OCc1ccccc1)[C@H](OCc1ccccc1)[C@@H](COC[C@@H](OCc1ccccc1)[C@@H](OCc1ccccc1)[C@H](OCc1ccccc1)[C@@H](COC[C@@H](OCc1ccccc1)[C@@H](OCc1ccccc1)[C@H](OCc1ccccc1)[C@@H](CO)OCc1ccccc1)OCc1ccccc1)OCc1ccccc1. The van der Waals surface area contributed by atoms with Crippen molar-refractivity contribution in [2.75, 3.05) is 39.6 Å². The molecule has 12 rings (SSSR count). The summed E-state index contributed by atoms with van der Waals surface area (Å²) in [6.45, 7) is 12.9. The molecule has 0 heterocycles. The Morgan fingerprint density at radius 3 is 0.488 bits per heavy atom. The van der Waals surface area contributed by atoms with E-state index in [1.807, 2.05) is 315 Å². The zero-order valence-corrected chi connectivity index (χ0v) is 73.9. The number of aliphatic hydroxyl groups is 1. The maximum atomic E-state index is 11.7. The van der Waals surface area contributed by atoms with Gasteiger partial charge in [0.2, 0.25) is 0 Å². The molecule has 17 heteroatoms. The van der Waals surface area contributed by atoms with E-state index in [-0.39, 0.29) is 117 Å². The number of hydrogen-bond acceptors (Lipinski definition) is 16. The van der Waals surface area contributed by atoms with Gasteiger partial charge in [-0.05, 0) is 84.9 Å². The Balaban J connectivity index is 0.963. The summed E-state index contributed by atoms with van der Waals surface area (Å²) in [6, 6.07) is 121. The summed E-state index contributed by atoms with van der Waals surface area (Å²) in [5, 5.41) is 11.6. The summed E-state index contributed by atoms with van der Waals surface area (Å²) in [6.07, 6.45) is -10.9. The van der Waals surface area contributed by atoms with Gasteiger partial charge in [0.25, 0.3) is 0 Å². The Kier molecular flexibility index (Phi) is 39.5. The molecule has 0 aliphatic heterocycles. The molecule has 0 amide bonds. The summed E-state index contributed by atoms with van der Waals surface area (Å²) < 4.78 is 110.